The summed E-state index contributed by atoms with van der Waals surface area (Å²) >= 11 is 3.45. The summed E-state index contributed by atoms with van der Waals surface area (Å²) in [5.74, 6) is 0.543. The number of carbonyl (C=O) groups is 1. The molecule has 18 heavy (non-hydrogen) atoms. The highest BCUT2D eigenvalue weighted by molar-refractivity contribution is 9.10. The third-order valence-corrected chi connectivity index (χ3v) is 3.20. The number of carbonyl (C=O) groups excluding carboxylic acids is 1. The summed E-state index contributed by atoms with van der Waals surface area (Å²) in [6.07, 6.45) is 0.841. The fourth-order valence-electron chi connectivity index (χ4n) is 1.82. The molecule has 1 amide bonds. The fourth-order valence-corrected chi connectivity index (χ4v) is 2.26. The number of benzene rings is 1. The zero-order valence-electron chi connectivity index (χ0n) is 11.2. The van der Waals surface area contributed by atoms with E-state index in [2.05, 4.69) is 46.5 Å². The van der Waals surface area contributed by atoms with Crippen LogP contribution in [0.1, 0.15) is 25.8 Å². The molecule has 0 bridgehead atoms. The van der Waals surface area contributed by atoms with E-state index in [1.807, 2.05) is 18.2 Å². The van der Waals surface area contributed by atoms with Gasteiger partial charge in [-0.1, -0.05) is 41.9 Å². The third-order valence-electron chi connectivity index (χ3n) is 2.71. The number of nitrogens with one attached hydrogen (secondary N) is 2. The molecule has 0 saturated heterocycles. The fraction of sp³-hybridized carbons (Fsp3) is 0.500. The monoisotopic (exact) mass is 312 g/mol. The Morgan fingerprint density at radius 2 is 2.11 bits per heavy atom. The summed E-state index contributed by atoms with van der Waals surface area (Å²) in [4.78, 5) is 11.8. The second kappa shape index (κ2) is 7.54. The summed E-state index contributed by atoms with van der Waals surface area (Å²) < 4.78 is 1.06. The van der Waals surface area contributed by atoms with Gasteiger partial charge in [0.1, 0.15) is 0 Å². The maximum Gasteiger partial charge on any atom is 0.236 e. The summed E-state index contributed by atoms with van der Waals surface area (Å²) in [5, 5.41) is 6.02. The van der Waals surface area contributed by atoms with E-state index < -0.39 is 0 Å². The van der Waals surface area contributed by atoms with Gasteiger partial charge >= 0.3 is 0 Å². The van der Waals surface area contributed by atoms with Crippen LogP contribution in [0.4, 0.5) is 0 Å². The molecule has 0 radical (unpaired) electrons. The van der Waals surface area contributed by atoms with Gasteiger partial charge in [-0.15, -0.1) is 0 Å². The Balaban J connectivity index is 2.58. The van der Waals surface area contributed by atoms with Crippen molar-refractivity contribution in [3.8, 4) is 0 Å². The quantitative estimate of drug-likeness (QED) is 0.848. The van der Waals surface area contributed by atoms with Gasteiger partial charge in [0.05, 0.1) is 6.04 Å². The average molecular weight is 313 g/mol. The van der Waals surface area contributed by atoms with Gasteiger partial charge in [-0.05, 0) is 30.0 Å². The predicted octanol–water partition coefficient (Wildman–Crippen LogP) is 2.70. The van der Waals surface area contributed by atoms with Crippen LogP contribution < -0.4 is 10.6 Å². The van der Waals surface area contributed by atoms with Crippen molar-refractivity contribution in [2.45, 2.75) is 32.9 Å². The Kier molecular flexibility index (Phi) is 6.36. The van der Waals surface area contributed by atoms with E-state index in [9.17, 15) is 4.79 Å². The first-order valence-corrected chi connectivity index (χ1v) is 7.01. The SMILES string of the molecule is CNC(=O)C(CC(C)C)NCc1cccc(Br)c1. The van der Waals surface area contributed by atoms with Crippen molar-refractivity contribution in [3.05, 3.63) is 34.3 Å². The molecule has 0 saturated carbocycles. The zero-order valence-corrected chi connectivity index (χ0v) is 12.8. The Bertz CT molecular complexity index is 393. The van der Waals surface area contributed by atoms with Gasteiger partial charge in [0.15, 0.2) is 0 Å². The lowest BCUT2D eigenvalue weighted by Gasteiger charge is -2.19. The molecule has 1 aromatic carbocycles. The van der Waals surface area contributed by atoms with Crippen LogP contribution in [-0.2, 0) is 11.3 Å². The molecule has 2 N–H and O–H groups in total. The van der Waals surface area contributed by atoms with Gasteiger partial charge in [0.25, 0.3) is 0 Å². The number of rotatable bonds is 6. The molecule has 1 unspecified atom stereocenters. The highest BCUT2D eigenvalue weighted by Crippen LogP contribution is 2.12. The number of halogens is 1. The average Bonchev–Trinajstić information content (AvgIpc) is 2.33. The maximum absolute atomic E-state index is 11.8. The van der Waals surface area contributed by atoms with Gasteiger partial charge < -0.3 is 10.6 Å². The van der Waals surface area contributed by atoms with Crippen LogP contribution in [0, 0.1) is 5.92 Å². The van der Waals surface area contributed by atoms with Crippen LogP contribution in [0.25, 0.3) is 0 Å². The van der Waals surface area contributed by atoms with E-state index in [1.54, 1.807) is 7.05 Å². The molecule has 0 aliphatic carbocycles. The van der Waals surface area contributed by atoms with Crippen molar-refractivity contribution in [3.63, 3.8) is 0 Å². The summed E-state index contributed by atoms with van der Waals surface area (Å²) in [6, 6.07) is 7.97. The van der Waals surface area contributed by atoms with E-state index in [0.717, 1.165) is 10.9 Å². The number of hydrogen-bond donors (Lipinski definition) is 2. The van der Waals surface area contributed by atoms with Crippen molar-refractivity contribution in [2.24, 2.45) is 5.92 Å². The minimum Gasteiger partial charge on any atom is -0.358 e. The molecular weight excluding hydrogens is 292 g/mol. The lowest BCUT2D eigenvalue weighted by molar-refractivity contribution is -0.123. The molecule has 1 atom stereocenters. The topological polar surface area (TPSA) is 41.1 Å². The summed E-state index contributed by atoms with van der Waals surface area (Å²) in [5.41, 5.74) is 1.17. The number of hydrogen-bond acceptors (Lipinski definition) is 2. The molecule has 0 aromatic heterocycles. The van der Waals surface area contributed by atoms with Crippen LogP contribution in [-0.4, -0.2) is 19.0 Å². The van der Waals surface area contributed by atoms with Crippen LogP contribution in [0.5, 0.6) is 0 Å². The number of amides is 1. The minimum atomic E-state index is -0.131. The van der Waals surface area contributed by atoms with E-state index in [1.165, 1.54) is 5.56 Å². The van der Waals surface area contributed by atoms with Crippen molar-refractivity contribution >= 4 is 21.8 Å². The largest absolute Gasteiger partial charge is 0.358 e. The van der Waals surface area contributed by atoms with Crippen LogP contribution >= 0.6 is 15.9 Å². The molecule has 1 aromatic rings. The molecule has 0 fully saturated rings. The molecule has 0 heterocycles. The molecule has 4 heteroatoms. The molecule has 3 nitrogen and oxygen atoms in total. The van der Waals surface area contributed by atoms with Crippen molar-refractivity contribution < 1.29 is 4.79 Å². The molecular formula is C14H21BrN2O. The van der Waals surface area contributed by atoms with E-state index in [0.29, 0.717) is 12.5 Å². The van der Waals surface area contributed by atoms with Gasteiger partial charge in [-0.3, -0.25) is 4.79 Å². The summed E-state index contributed by atoms with van der Waals surface area (Å²) in [6.45, 7) is 4.94. The van der Waals surface area contributed by atoms with Crippen molar-refractivity contribution in [1.29, 1.82) is 0 Å². The predicted molar refractivity (Wildman–Crippen MR) is 78.3 cm³/mol. The second-order valence-electron chi connectivity index (χ2n) is 4.81. The van der Waals surface area contributed by atoms with Gasteiger partial charge in [0.2, 0.25) is 5.91 Å². The highest BCUT2D eigenvalue weighted by atomic mass is 79.9. The lowest BCUT2D eigenvalue weighted by Crippen LogP contribution is -2.43. The van der Waals surface area contributed by atoms with E-state index in [-0.39, 0.29) is 11.9 Å². The van der Waals surface area contributed by atoms with Gasteiger partial charge in [0, 0.05) is 18.1 Å². The Morgan fingerprint density at radius 1 is 1.39 bits per heavy atom. The van der Waals surface area contributed by atoms with Crippen LogP contribution in [0.15, 0.2) is 28.7 Å². The maximum atomic E-state index is 11.8. The Hall–Kier alpha value is -0.870. The van der Waals surface area contributed by atoms with Gasteiger partial charge in [-0.25, -0.2) is 0 Å². The standard InChI is InChI=1S/C14H21BrN2O/c1-10(2)7-13(14(18)16-3)17-9-11-5-4-6-12(15)8-11/h4-6,8,10,13,17H,7,9H2,1-3H3,(H,16,18). The van der Waals surface area contributed by atoms with Gasteiger partial charge in [-0.2, -0.15) is 0 Å². The van der Waals surface area contributed by atoms with Crippen molar-refractivity contribution in [1.82, 2.24) is 10.6 Å². The second-order valence-corrected chi connectivity index (χ2v) is 5.72. The van der Waals surface area contributed by atoms with E-state index >= 15 is 0 Å². The minimum absolute atomic E-state index is 0.0543. The first kappa shape index (κ1) is 15.2. The normalized spacial score (nSPS) is 12.5. The molecule has 0 aliphatic rings. The molecule has 1 rings (SSSR count). The van der Waals surface area contributed by atoms with Crippen molar-refractivity contribution in [2.75, 3.05) is 7.05 Å². The van der Waals surface area contributed by atoms with E-state index in [4.69, 9.17) is 0 Å². The smallest absolute Gasteiger partial charge is 0.236 e. The molecule has 100 valence electrons. The third kappa shape index (κ3) is 5.19. The Morgan fingerprint density at radius 3 is 2.67 bits per heavy atom. The van der Waals surface area contributed by atoms with Crippen LogP contribution in [0.3, 0.4) is 0 Å². The lowest BCUT2D eigenvalue weighted by atomic mass is 10.0. The Labute approximate surface area is 117 Å². The zero-order chi connectivity index (χ0) is 13.5. The first-order chi connectivity index (χ1) is 8.52. The highest BCUT2D eigenvalue weighted by Gasteiger charge is 2.17. The summed E-state index contributed by atoms with van der Waals surface area (Å²) in [7, 11) is 1.68. The number of likely N-dealkylation sites (N-methyl/N-ethyl adjacent to an activating group) is 1. The molecule has 0 spiro atoms. The molecule has 0 aliphatic heterocycles. The first-order valence-electron chi connectivity index (χ1n) is 6.22. The van der Waals surface area contributed by atoms with Crippen LogP contribution in [0.2, 0.25) is 0 Å².